The number of benzene rings is 1. The number of hydrogen-bond donors (Lipinski definition) is 1. The molecule has 0 amide bonds. The summed E-state index contributed by atoms with van der Waals surface area (Å²) in [5.41, 5.74) is 0.913. The number of nitrogens with zero attached hydrogens (tertiary/aromatic N) is 2. The second-order valence-corrected chi connectivity index (χ2v) is 8.30. The highest BCUT2D eigenvalue weighted by Crippen LogP contribution is 2.18. The smallest absolute Gasteiger partial charge is 0.387 e. The fraction of sp³-hybridized carbons (Fsp3) is 0.562. The van der Waals surface area contributed by atoms with Crippen LogP contribution < -0.4 is 10.1 Å². The molecular weight excluding hydrogens is 479 g/mol. The lowest BCUT2D eigenvalue weighted by atomic mass is 10.1. The molecule has 0 saturated carbocycles. The van der Waals surface area contributed by atoms with Crippen molar-refractivity contribution < 1.29 is 21.9 Å². The van der Waals surface area contributed by atoms with E-state index < -0.39 is 16.4 Å². The minimum atomic E-state index is -2.89. The van der Waals surface area contributed by atoms with Gasteiger partial charge in [0.1, 0.15) is 5.75 Å². The lowest BCUT2D eigenvalue weighted by Crippen LogP contribution is -2.40. The third-order valence-corrected chi connectivity index (χ3v) is 5.85. The molecule has 148 valence electrons. The highest BCUT2D eigenvalue weighted by atomic mass is 127. The largest absolute Gasteiger partial charge is 0.435 e. The third-order valence-electron chi connectivity index (χ3n) is 4.02. The molecule has 2 rings (SSSR count). The molecule has 1 atom stereocenters. The summed E-state index contributed by atoms with van der Waals surface area (Å²) in [5.74, 6) is 1.33. The van der Waals surface area contributed by atoms with Crippen LogP contribution in [0.1, 0.15) is 12.0 Å². The Balaban J connectivity index is 0.00000338. The van der Waals surface area contributed by atoms with Gasteiger partial charge in [-0.2, -0.15) is 8.78 Å². The first kappa shape index (κ1) is 22.9. The average molecular weight is 503 g/mol. The van der Waals surface area contributed by atoms with Crippen LogP contribution in [0.2, 0.25) is 0 Å². The monoisotopic (exact) mass is 503 g/mol. The van der Waals surface area contributed by atoms with Gasteiger partial charge in [0.2, 0.25) is 0 Å². The van der Waals surface area contributed by atoms with Crippen molar-refractivity contribution in [2.24, 2.45) is 10.9 Å². The van der Waals surface area contributed by atoms with Gasteiger partial charge in [0, 0.05) is 27.2 Å². The first-order valence-electron chi connectivity index (χ1n) is 7.95. The molecule has 6 nitrogen and oxygen atoms in total. The minimum Gasteiger partial charge on any atom is -0.435 e. The van der Waals surface area contributed by atoms with E-state index in [-0.39, 0.29) is 47.1 Å². The summed E-state index contributed by atoms with van der Waals surface area (Å²) in [6, 6.07) is 6.42. The predicted octanol–water partition coefficient (Wildman–Crippen LogP) is 2.35. The zero-order chi connectivity index (χ0) is 18.4. The van der Waals surface area contributed by atoms with Crippen molar-refractivity contribution in [1.29, 1.82) is 0 Å². The number of alkyl halides is 2. The number of hydrogen-bond acceptors (Lipinski definition) is 4. The maximum Gasteiger partial charge on any atom is 0.387 e. The van der Waals surface area contributed by atoms with E-state index in [1.807, 2.05) is 11.9 Å². The molecule has 0 bridgehead atoms. The summed E-state index contributed by atoms with van der Waals surface area (Å²) in [5, 5.41) is 3.19. The summed E-state index contributed by atoms with van der Waals surface area (Å²) >= 11 is 0. The molecule has 1 saturated heterocycles. The molecule has 1 N–H and O–H groups in total. The van der Waals surface area contributed by atoms with Crippen molar-refractivity contribution in [1.82, 2.24) is 10.2 Å². The van der Waals surface area contributed by atoms with Gasteiger partial charge in [0.25, 0.3) is 0 Å². The van der Waals surface area contributed by atoms with E-state index in [0.717, 1.165) is 5.56 Å². The van der Waals surface area contributed by atoms with Crippen molar-refractivity contribution >= 4 is 39.8 Å². The Morgan fingerprint density at radius 2 is 2.04 bits per heavy atom. The summed E-state index contributed by atoms with van der Waals surface area (Å²) in [7, 11) is 0.618. The Morgan fingerprint density at radius 3 is 2.54 bits per heavy atom. The quantitative estimate of drug-likeness (QED) is 0.367. The molecule has 0 aliphatic carbocycles. The molecule has 1 aromatic carbocycles. The van der Waals surface area contributed by atoms with Crippen LogP contribution in [0.5, 0.6) is 5.75 Å². The highest BCUT2D eigenvalue weighted by Gasteiger charge is 2.27. The van der Waals surface area contributed by atoms with Crippen molar-refractivity contribution in [3.8, 4) is 5.75 Å². The van der Waals surface area contributed by atoms with E-state index in [1.165, 1.54) is 12.1 Å². The topological polar surface area (TPSA) is 71.0 Å². The van der Waals surface area contributed by atoms with Crippen molar-refractivity contribution in [2.75, 3.05) is 32.1 Å². The third kappa shape index (κ3) is 7.22. The number of rotatable bonds is 6. The summed E-state index contributed by atoms with van der Waals surface area (Å²) in [6.45, 7) is -1.76. The molecular formula is C16H24F2IN3O3S. The molecule has 26 heavy (non-hydrogen) atoms. The molecule has 1 heterocycles. The van der Waals surface area contributed by atoms with Gasteiger partial charge in [-0.25, -0.2) is 8.42 Å². The van der Waals surface area contributed by atoms with E-state index in [1.54, 1.807) is 19.2 Å². The number of halogens is 3. The highest BCUT2D eigenvalue weighted by molar-refractivity contribution is 14.0. The molecule has 0 radical (unpaired) electrons. The minimum absolute atomic E-state index is 0. The van der Waals surface area contributed by atoms with Gasteiger partial charge in [0.05, 0.1) is 11.5 Å². The Bertz CT molecular complexity index is 699. The van der Waals surface area contributed by atoms with E-state index in [2.05, 4.69) is 15.0 Å². The standard InChI is InChI=1S/C16H23F2N3O3S.HI/c1-19-16(20-9-13-7-8-25(22,23)11-13)21(2)10-12-3-5-14(6-4-12)24-15(17)18;/h3-6,13,15H,7-11H2,1-2H3,(H,19,20);1H. The molecule has 0 spiro atoms. The van der Waals surface area contributed by atoms with Gasteiger partial charge < -0.3 is 15.0 Å². The number of nitrogens with one attached hydrogen (secondary N) is 1. The number of sulfone groups is 1. The average Bonchev–Trinajstić information content (AvgIpc) is 2.88. The normalized spacial score (nSPS) is 19.1. The van der Waals surface area contributed by atoms with Gasteiger partial charge in [-0.1, -0.05) is 12.1 Å². The Hall–Kier alpha value is -1.17. The zero-order valence-electron chi connectivity index (χ0n) is 14.7. The van der Waals surface area contributed by atoms with Crippen LogP contribution in [0.4, 0.5) is 8.78 Å². The molecule has 1 aromatic rings. The fourth-order valence-corrected chi connectivity index (χ4v) is 4.64. The van der Waals surface area contributed by atoms with Gasteiger partial charge in [0.15, 0.2) is 15.8 Å². The lowest BCUT2D eigenvalue weighted by molar-refractivity contribution is -0.0498. The summed E-state index contributed by atoms with van der Waals surface area (Å²) < 4.78 is 51.6. The molecule has 1 fully saturated rings. The summed E-state index contributed by atoms with van der Waals surface area (Å²) in [6.07, 6.45) is 0.668. The van der Waals surface area contributed by atoms with Gasteiger partial charge >= 0.3 is 6.61 Å². The fourth-order valence-electron chi connectivity index (χ4n) is 2.78. The maximum atomic E-state index is 12.2. The van der Waals surface area contributed by atoms with Gasteiger partial charge in [-0.3, -0.25) is 4.99 Å². The Labute approximate surface area is 169 Å². The van der Waals surface area contributed by atoms with Crippen molar-refractivity contribution in [3.05, 3.63) is 29.8 Å². The van der Waals surface area contributed by atoms with Crippen LogP contribution >= 0.6 is 24.0 Å². The van der Waals surface area contributed by atoms with Crippen molar-refractivity contribution in [2.45, 2.75) is 19.6 Å². The SMILES string of the molecule is CN=C(NCC1CCS(=O)(=O)C1)N(C)Cc1ccc(OC(F)F)cc1.I. The Morgan fingerprint density at radius 1 is 1.38 bits per heavy atom. The molecule has 10 heteroatoms. The Kier molecular flexibility index (Phi) is 9.01. The molecule has 1 unspecified atom stereocenters. The first-order valence-corrected chi connectivity index (χ1v) is 9.77. The molecule has 1 aliphatic heterocycles. The van der Waals surface area contributed by atoms with Crippen LogP contribution in [-0.2, 0) is 16.4 Å². The van der Waals surface area contributed by atoms with Crippen LogP contribution in [-0.4, -0.2) is 58.0 Å². The van der Waals surface area contributed by atoms with Crippen LogP contribution in [0, 0.1) is 5.92 Å². The second-order valence-electron chi connectivity index (χ2n) is 6.08. The van der Waals surface area contributed by atoms with E-state index in [0.29, 0.717) is 25.5 Å². The van der Waals surface area contributed by atoms with E-state index >= 15 is 0 Å². The van der Waals surface area contributed by atoms with E-state index in [4.69, 9.17) is 0 Å². The summed E-state index contributed by atoms with van der Waals surface area (Å²) in [4.78, 5) is 6.08. The van der Waals surface area contributed by atoms with E-state index in [9.17, 15) is 17.2 Å². The van der Waals surface area contributed by atoms with Crippen LogP contribution in [0.15, 0.2) is 29.3 Å². The van der Waals surface area contributed by atoms with Crippen LogP contribution in [0.25, 0.3) is 0 Å². The second kappa shape index (κ2) is 10.2. The predicted molar refractivity (Wildman–Crippen MR) is 108 cm³/mol. The zero-order valence-corrected chi connectivity index (χ0v) is 17.8. The number of aliphatic imine (C=N–C) groups is 1. The first-order chi connectivity index (χ1) is 11.8. The molecule has 1 aliphatic rings. The molecule has 0 aromatic heterocycles. The maximum absolute atomic E-state index is 12.2. The lowest BCUT2D eigenvalue weighted by Gasteiger charge is -2.23. The van der Waals surface area contributed by atoms with Gasteiger partial charge in [-0.05, 0) is 30.0 Å². The van der Waals surface area contributed by atoms with Gasteiger partial charge in [-0.15, -0.1) is 24.0 Å². The van der Waals surface area contributed by atoms with Crippen molar-refractivity contribution in [3.63, 3.8) is 0 Å². The van der Waals surface area contributed by atoms with Crippen LogP contribution in [0.3, 0.4) is 0 Å². The number of guanidine groups is 1. The number of ether oxygens (including phenoxy) is 1.